The Morgan fingerprint density at radius 1 is 0.706 bits per heavy atom. The Morgan fingerprint density at radius 3 is 0.706 bits per heavy atom. The number of hydrogen-bond donors (Lipinski definition) is 2. The van der Waals surface area contributed by atoms with Crippen LogP contribution in [0.15, 0.2) is 0 Å². The number of rotatable bonds is 0. The van der Waals surface area contributed by atoms with Crippen molar-refractivity contribution in [1.82, 2.24) is 19.5 Å². The van der Waals surface area contributed by atoms with Crippen LogP contribution in [0.4, 0.5) is 0 Å². The van der Waals surface area contributed by atoms with Gasteiger partial charge in [-0.15, -0.1) is 0 Å². The van der Waals surface area contributed by atoms with Crippen molar-refractivity contribution in [3.63, 3.8) is 0 Å². The fraction of sp³-hybridized carbons (Fsp3) is 1.00. The molecule has 0 saturated carbocycles. The maximum atomic E-state index is 5.11. The first-order chi connectivity index (χ1) is 6.29. The Morgan fingerprint density at radius 2 is 0.706 bits per heavy atom. The van der Waals surface area contributed by atoms with E-state index in [2.05, 4.69) is 10.6 Å². The molecule has 0 radical (unpaired) electrons. The van der Waals surface area contributed by atoms with Crippen LogP contribution >= 0.6 is 23.6 Å². The van der Waals surface area contributed by atoms with Gasteiger partial charge in [0.25, 0.3) is 0 Å². The second kappa shape index (κ2) is 54.5. The van der Waals surface area contributed by atoms with Crippen molar-refractivity contribution in [1.29, 1.82) is 0 Å². The lowest BCUT2D eigenvalue weighted by atomic mass is 11.3. The van der Waals surface area contributed by atoms with Gasteiger partial charge in [-0.05, 0) is 51.7 Å². The van der Waals surface area contributed by atoms with Crippen molar-refractivity contribution in [3.05, 3.63) is 0 Å². The highest BCUT2D eigenvalue weighted by Gasteiger charge is 1.62. The Kier molecular flexibility index (Phi) is 138. The summed E-state index contributed by atoms with van der Waals surface area (Å²) in [6.07, 6.45) is 0. The molecule has 0 aromatic carbocycles. The molecule has 9 heteroatoms. The molecule has 0 aliphatic rings. The van der Waals surface area contributed by atoms with Crippen LogP contribution in [0.5, 0.6) is 0 Å². The van der Waals surface area contributed by atoms with Crippen LogP contribution in [-0.2, 0) is 0 Å². The highest BCUT2D eigenvalue weighted by Crippen LogP contribution is 1.71. The van der Waals surface area contributed by atoms with Crippen LogP contribution in [-0.4, -0.2) is 76.2 Å². The summed E-state index contributed by atoms with van der Waals surface area (Å²) in [5.41, 5.74) is 0. The molecule has 0 rings (SSSR count). The molecular weight excluding hydrogens is 290 g/mol. The Bertz CT molecular complexity index is 61.2. The van der Waals surface area contributed by atoms with Crippen LogP contribution in [0.2, 0.25) is 0 Å². The Balaban J connectivity index is -0.0000000149. The predicted molar refractivity (Wildman–Crippen MR) is 77.4 cm³/mol. The number of nitrogens with zero attached hydrogens (tertiary/aromatic N) is 2. The van der Waals surface area contributed by atoms with Gasteiger partial charge >= 0.3 is 0 Å². The third-order valence-corrected chi connectivity index (χ3v) is 0. The second-order valence-corrected chi connectivity index (χ2v) is 3.92. The normalized spacial score (nSPS) is 6.35. The molecule has 0 saturated heterocycles. The molecule has 116 valence electrons. The van der Waals surface area contributed by atoms with Crippen LogP contribution in [0.25, 0.3) is 0 Å². The summed E-state index contributed by atoms with van der Waals surface area (Å²) < 4.78 is 2.94. The van der Waals surface area contributed by atoms with Gasteiger partial charge in [-0.3, -0.25) is 0 Å². The van der Waals surface area contributed by atoms with Crippen LogP contribution in [0, 0.1) is 12.4 Å². The van der Waals surface area contributed by atoms with Crippen LogP contribution < -0.4 is 10.6 Å². The SMILES string of the molecule is CN(C)Cl.CN(C)Cl.CNC.CNC.O.[ClH2+].[OH-]. The zero-order valence-electron chi connectivity index (χ0n) is 12.0. The van der Waals surface area contributed by atoms with Gasteiger partial charge in [0.2, 0.25) is 0 Å². The van der Waals surface area contributed by atoms with Gasteiger partial charge < -0.3 is 21.6 Å². The van der Waals surface area contributed by atoms with E-state index in [1.165, 1.54) is 8.84 Å². The van der Waals surface area contributed by atoms with Crippen molar-refractivity contribution in [2.75, 3.05) is 56.4 Å². The molecule has 0 heterocycles. The van der Waals surface area contributed by atoms with Crippen molar-refractivity contribution < 1.29 is 23.4 Å². The molecule has 0 unspecified atom stereocenters. The van der Waals surface area contributed by atoms with E-state index in [0.29, 0.717) is 0 Å². The van der Waals surface area contributed by atoms with Gasteiger partial charge in [0, 0.05) is 28.2 Å². The van der Waals surface area contributed by atoms with Crippen LogP contribution in [0.1, 0.15) is 0 Å². The average molecular weight is 322 g/mol. The monoisotopic (exact) mass is 320 g/mol. The maximum absolute atomic E-state index is 5.11. The third kappa shape index (κ3) is 8970. The first-order valence-electron chi connectivity index (χ1n) is 4.13. The quantitative estimate of drug-likeness (QED) is 0.589. The van der Waals surface area contributed by atoms with E-state index < -0.39 is 0 Å². The lowest BCUT2D eigenvalue weighted by Crippen LogP contribution is -1.89. The largest absolute Gasteiger partial charge is 0.870 e. The van der Waals surface area contributed by atoms with Gasteiger partial charge in [0.15, 0.2) is 0 Å². The van der Waals surface area contributed by atoms with E-state index in [1.807, 2.05) is 28.2 Å². The minimum absolute atomic E-state index is 0. The fourth-order valence-corrected chi connectivity index (χ4v) is 0. The van der Waals surface area contributed by atoms with Gasteiger partial charge in [-0.25, -0.2) is 8.84 Å². The second-order valence-electron chi connectivity index (χ2n) is 2.57. The summed E-state index contributed by atoms with van der Waals surface area (Å²) in [5.74, 6) is 0. The molecule has 0 atom stereocenters. The van der Waals surface area contributed by atoms with Crippen molar-refractivity contribution in [2.45, 2.75) is 0 Å². The molecule has 0 fully saturated rings. The highest BCUT2D eigenvalue weighted by molar-refractivity contribution is 6.13. The zero-order valence-corrected chi connectivity index (χ0v) is 14.5. The van der Waals surface area contributed by atoms with E-state index in [1.54, 1.807) is 28.2 Å². The van der Waals surface area contributed by atoms with Gasteiger partial charge in [0.05, 0.1) is 12.4 Å². The zero-order chi connectivity index (χ0) is 12.6. The first kappa shape index (κ1) is 43.1. The van der Waals surface area contributed by atoms with Crippen LogP contribution in [0.3, 0.4) is 0 Å². The molecule has 0 amide bonds. The smallest absolute Gasteiger partial charge is 0.0903 e. The summed E-state index contributed by atoms with van der Waals surface area (Å²) in [6, 6.07) is 0. The topological polar surface area (TPSA) is 92.0 Å². The first-order valence-corrected chi connectivity index (χ1v) is 4.80. The third-order valence-electron chi connectivity index (χ3n) is 0. The van der Waals surface area contributed by atoms with E-state index in [4.69, 9.17) is 23.6 Å². The van der Waals surface area contributed by atoms with Gasteiger partial charge in [-0.2, -0.15) is 0 Å². The number of nitrogens with one attached hydrogen (secondary N) is 2. The minimum atomic E-state index is 0. The van der Waals surface area contributed by atoms with E-state index in [9.17, 15) is 0 Å². The molecule has 0 aromatic heterocycles. The molecule has 17 heavy (non-hydrogen) atoms. The highest BCUT2D eigenvalue weighted by atomic mass is 35.5. The minimum Gasteiger partial charge on any atom is -0.870 e. The van der Waals surface area contributed by atoms with E-state index in [0.717, 1.165) is 0 Å². The molecule has 5 N–H and O–H groups in total. The molecule has 0 bridgehead atoms. The summed E-state index contributed by atoms with van der Waals surface area (Å²) in [5, 5.41) is 5.50. The standard InChI is InChI=1S/2C2H6ClN.2C2H7N.ClH2.2H2O/c2*1-4(2)3;2*1-3-2;;;/h2*1-2H3;2*3H,1-2H3;3*1H2/q;;;;+1;;/p-1. The summed E-state index contributed by atoms with van der Waals surface area (Å²) in [4.78, 5) is 0. The average Bonchev–Trinajstić information content (AvgIpc) is 1.85. The van der Waals surface area contributed by atoms with Gasteiger partial charge in [-0.1, -0.05) is 0 Å². The summed E-state index contributed by atoms with van der Waals surface area (Å²) in [7, 11) is 14.6. The predicted octanol–water partition coefficient (Wildman–Crippen LogP) is -0.462. The molecule has 0 aliphatic carbocycles. The van der Waals surface area contributed by atoms with Crippen molar-refractivity contribution in [2.24, 2.45) is 0 Å². The Hall–Kier alpha value is 0.630. The van der Waals surface area contributed by atoms with Crippen molar-refractivity contribution in [3.8, 4) is 0 Å². The lowest BCUT2D eigenvalue weighted by molar-refractivity contribution is -0.00000577. The molecule has 0 aromatic rings. The molecule has 0 spiro atoms. The van der Waals surface area contributed by atoms with E-state index >= 15 is 0 Å². The Labute approximate surface area is 123 Å². The summed E-state index contributed by atoms with van der Waals surface area (Å²) >= 11 is 10.2. The maximum Gasteiger partial charge on any atom is 0.0903 e. The molecule has 6 nitrogen and oxygen atoms in total. The lowest BCUT2D eigenvalue weighted by Gasteiger charge is -1.85. The number of halogens is 3. The molecule has 0 aliphatic heterocycles. The number of hydrogen-bond acceptors (Lipinski definition) is 5. The van der Waals surface area contributed by atoms with Crippen molar-refractivity contribution >= 4 is 23.6 Å². The fourth-order valence-electron chi connectivity index (χ4n) is 0. The van der Waals surface area contributed by atoms with Gasteiger partial charge in [0.1, 0.15) is 0 Å². The molecular formula is C8H31Cl3N4O2. The summed E-state index contributed by atoms with van der Waals surface area (Å²) in [6.45, 7) is 0. The van der Waals surface area contributed by atoms with E-state index in [-0.39, 0.29) is 23.4 Å².